The van der Waals surface area contributed by atoms with Crippen molar-refractivity contribution >= 4 is 47.4 Å². The van der Waals surface area contributed by atoms with Crippen molar-refractivity contribution in [2.75, 3.05) is 24.8 Å². The number of pyridine rings is 1. The predicted molar refractivity (Wildman–Crippen MR) is 78.0 cm³/mol. The Bertz CT molecular complexity index is 326. The molecule has 0 bridgehead atoms. The van der Waals surface area contributed by atoms with Gasteiger partial charge in [0.1, 0.15) is 0 Å². The Kier molecular flexibility index (Phi) is 10.5. The maximum atomic E-state index is 5.80. The van der Waals surface area contributed by atoms with Gasteiger partial charge in [0.15, 0.2) is 0 Å². The summed E-state index contributed by atoms with van der Waals surface area (Å²) in [5.41, 5.74) is 2.12. The zero-order valence-electron chi connectivity index (χ0n) is 9.62. The van der Waals surface area contributed by atoms with Crippen molar-refractivity contribution in [1.29, 1.82) is 0 Å². The zero-order valence-corrected chi connectivity index (χ0v) is 12.8. The van der Waals surface area contributed by atoms with Gasteiger partial charge < -0.3 is 4.74 Å². The maximum absolute atomic E-state index is 5.80. The molecule has 0 aromatic carbocycles. The van der Waals surface area contributed by atoms with E-state index in [1.165, 1.54) is 10.5 Å². The largest absolute Gasteiger partial charge is 0.379 e. The van der Waals surface area contributed by atoms with Gasteiger partial charge in [-0.05, 0) is 18.6 Å². The van der Waals surface area contributed by atoms with E-state index in [0.29, 0.717) is 18.4 Å². The van der Waals surface area contributed by atoms with Crippen LogP contribution in [0.2, 0.25) is 0 Å². The Balaban J connectivity index is 0.00000256. The molecule has 2 nitrogen and oxygen atoms in total. The second kappa shape index (κ2) is 10.3. The molecule has 0 atom stereocenters. The molecule has 0 aliphatic rings. The molecule has 0 amide bonds. The van der Waals surface area contributed by atoms with Crippen LogP contribution in [0.5, 0.6) is 0 Å². The molecule has 0 fully saturated rings. The molecule has 1 aromatic rings. The lowest BCUT2D eigenvalue weighted by Gasteiger charge is -2.08. The van der Waals surface area contributed by atoms with Gasteiger partial charge in [0.05, 0.1) is 24.8 Å². The molecule has 0 spiro atoms. The number of alkyl halides is 2. The van der Waals surface area contributed by atoms with Crippen molar-refractivity contribution in [1.82, 2.24) is 4.98 Å². The van der Waals surface area contributed by atoms with Gasteiger partial charge >= 0.3 is 0 Å². The molecule has 6 heteroatoms. The van der Waals surface area contributed by atoms with Gasteiger partial charge in [-0.1, -0.05) is 0 Å². The maximum Gasteiger partial charge on any atom is 0.0650 e. The van der Waals surface area contributed by atoms with E-state index in [1.54, 1.807) is 18.0 Å². The lowest BCUT2D eigenvalue weighted by atomic mass is 10.2. The monoisotopic (exact) mass is 315 g/mol. The van der Waals surface area contributed by atoms with Gasteiger partial charge in [-0.3, -0.25) is 4.98 Å². The molecule has 0 unspecified atom stereocenters. The minimum absolute atomic E-state index is 0. The van der Waals surface area contributed by atoms with Crippen LogP contribution in [0.25, 0.3) is 0 Å². The van der Waals surface area contributed by atoms with E-state index in [2.05, 4.69) is 4.98 Å². The summed E-state index contributed by atoms with van der Waals surface area (Å²) >= 11 is 13.1. The number of ether oxygens (including phenoxy) is 1. The lowest BCUT2D eigenvalue weighted by Crippen LogP contribution is -2.00. The van der Waals surface area contributed by atoms with Crippen LogP contribution in [-0.2, 0) is 10.6 Å². The molecule has 0 aliphatic carbocycles. The van der Waals surface area contributed by atoms with Crippen molar-refractivity contribution in [2.24, 2.45) is 0 Å². The fraction of sp³-hybridized carbons (Fsp3) is 0.545. The number of hydrogen-bond acceptors (Lipinski definition) is 3. The highest BCUT2D eigenvalue weighted by Crippen LogP contribution is 2.24. The third-order valence-electron chi connectivity index (χ3n) is 2.09. The first kappa shape index (κ1) is 17.3. The third kappa shape index (κ3) is 6.16. The molecular formula is C11H16Cl3NOS. The predicted octanol–water partition coefficient (Wildman–Crippen LogP) is 3.90. The highest BCUT2D eigenvalue weighted by atomic mass is 35.5. The van der Waals surface area contributed by atoms with E-state index in [1.807, 2.05) is 13.0 Å². The van der Waals surface area contributed by atoms with Crippen molar-refractivity contribution in [2.45, 2.75) is 17.7 Å². The summed E-state index contributed by atoms with van der Waals surface area (Å²) in [6.45, 7) is 3.38. The first-order valence-electron chi connectivity index (χ1n) is 5.06. The Hall–Kier alpha value is 0.330. The van der Waals surface area contributed by atoms with Crippen molar-refractivity contribution in [3.63, 3.8) is 0 Å². The van der Waals surface area contributed by atoms with E-state index < -0.39 is 0 Å². The Morgan fingerprint density at radius 3 is 2.76 bits per heavy atom. The average molecular weight is 317 g/mol. The van der Waals surface area contributed by atoms with Gasteiger partial charge in [0, 0.05) is 22.7 Å². The highest BCUT2D eigenvalue weighted by Gasteiger charge is 2.04. The summed E-state index contributed by atoms with van der Waals surface area (Å²) in [6, 6.07) is 2.01. The van der Waals surface area contributed by atoms with E-state index in [9.17, 15) is 0 Å². The standard InChI is InChI=1S/C11H15Cl2NOS.ClH/c1-9-10(8-13)14-4-2-11(9)16-7-6-15-5-3-12;/h2,4H,3,5-8H2,1H3;1H. The van der Waals surface area contributed by atoms with E-state index >= 15 is 0 Å². The molecule has 1 aromatic heterocycles. The van der Waals surface area contributed by atoms with E-state index in [-0.39, 0.29) is 12.4 Å². The average Bonchev–Trinajstić information content (AvgIpc) is 2.31. The number of hydrogen-bond donors (Lipinski definition) is 0. The third-order valence-corrected chi connectivity index (χ3v) is 3.62. The Labute approximate surface area is 123 Å². The summed E-state index contributed by atoms with van der Waals surface area (Å²) in [4.78, 5) is 5.44. The number of aromatic nitrogens is 1. The molecule has 17 heavy (non-hydrogen) atoms. The van der Waals surface area contributed by atoms with Crippen LogP contribution in [0.3, 0.4) is 0 Å². The normalized spacial score (nSPS) is 10.1. The van der Waals surface area contributed by atoms with Crippen molar-refractivity contribution < 1.29 is 4.74 Å². The van der Waals surface area contributed by atoms with Crippen molar-refractivity contribution in [3.8, 4) is 0 Å². The van der Waals surface area contributed by atoms with Crippen LogP contribution < -0.4 is 0 Å². The van der Waals surface area contributed by atoms with E-state index in [4.69, 9.17) is 27.9 Å². The highest BCUT2D eigenvalue weighted by molar-refractivity contribution is 7.99. The van der Waals surface area contributed by atoms with Gasteiger partial charge in [-0.15, -0.1) is 47.4 Å². The SMILES string of the molecule is Cc1c(SCCOCCCl)ccnc1CCl.Cl. The number of rotatable bonds is 7. The first-order valence-corrected chi connectivity index (χ1v) is 7.12. The molecule has 0 saturated heterocycles. The van der Waals surface area contributed by atoms with Crippen molar-refractivity contribution in [3.05, 3.63) is 23.5 Å². The summed E-state index contributed by atoms with van der Waals surface area (Å²) in [7, 11) is 0. The number of thioether (sulfide) groups is 1. The molecule has 1 heterocycles. The first-order chi connectivity index (χ1) is 7.79. The van der Waals surface area contributed by atoms with Gasteiger partial charge in [-0.25, -0.2) is 0 Å². The summed E-state index contributed by atoms with van der Waals surface area (Å²) in [6.07, 6.45) is 1.80. The molecule has 98 valence electrons. The molecular weight excluding hydrogens is 301 g/mol. The van der Waals surface area contributed by atoms with Crippen LogP contribution in [0.1, 0.15) is 11.3 Å². The topological polar surface area (TPSA) is 22.1 Å². The fourth-order valence-electron chi connectivity index (χ4n) is 1.22. The minimum Gasteiger partial charge on any atom is -0.379 e. The second-order valence-corrected chi connectivity index (χ2v) is 4.95. The molecule has 0 N–H and O–H groups in total. The molecule has 0 saturated carbocycles. The van der Waals surface area contributed by atoms with Crippen LogP contribution in [0.15, 0.2) is 17.2 Å². The summed E-state index contributed by atoms with van der Waals surface area (Å²) in [5.74, 6) is 1.93. The van der Waals surface area contributed by atoms with Gasteiger partial charge in [-0.2, -0.15) is 0 Å². The summed E-state index contributed by atoms with van der Waals surface area (Å²) < 4.78 is 5.31. The van der Waals surface area contributed by atoms with Gasteiger partial charge in [0.2, 0.25) is 0 Å². The Morgan fingerprint density at radius 2 is 2.12 bits per heavy atom. The summed E-state index contributed by atoms with van der Waals surface area (Å²) in [5, 5.41) is 0. The van der Waals surface area contributed by atoms with Crippen LogP contribution in [0, 0.1) is 6.92 Å². The number of nitrogens with zero attached hydrogens (tertiary/aromatic N) is 1. The van der Waals surface area contributed by atoms with Crippen LogP contribution >= 0.6 is 47.4 Å². The minimum atomic E-state index is 0. The van der Waals surface area contributed by atoms with Crippen LogP contribution in [0.4, 0.5) is 0 Å². The smallest absolute Gasteiger partial charge is 0.0650 e. The molecule has 0 aliphatic heterocycles. The number of halogens is 3. The molecule has 0 radical (unpaired) electrons. The van der Waals surface area contributed by atoms with E-state index in [0.717, 1.165) is 18.1 Å². The molecule has 1 rings (SSSR count). The quantitative estimate of drug-likeness (QED) is 0.433. The second-order valence-electron chi connectivity index (χ2n) is 3.16. The van der Waals surface area contributed by atoms with Crippen LogP contribution in [-0.4, -0.2) is 29.8 Å². The fourth-order valence-corrected chi connectivity index (χ4v) is 2.51. The zero-order chi connectivity index (χ0) is 11.8. The van der Waals surface area contributed by atoms with Gasteiger partial charge in [0.25, 0.3) is 0 Å². The lowest BCUT2D eigenvalue weighted by molar-refractivity contribution is 0.166. The Morgan fingerprint density at radius 1 is 1.35 bits per heavy atom.